The Morgan fingerprint density at radius 3 is 2.44 bits per heavy atom. The van der Waals surface area contributed by atoms with Crippen LogP contribution in [0.5, 0.6) is 5.88 Å². The molecule has 138 valence electrons. The monoisotopic (exact) mass is 367 g/mol. The molecule has 0 bridgehead atoms. The Bertz CT molecular complexity index is 1010. The minimum Gasteiger partial charge on any atom is -0.493 e. The molecule has 1 fully saturated rings. The number of benzene rings is 1. The topological polar surface area (TPSA) is 134 Å². The predicted octanol–water partition coefficient (Wildman–Crippen LogP) is 4.17. The highest BCUT2D eigenvalue weighted by atomic mass is 16.6. The summed E-state index contributed by atoms with van der Waals surface area (Å²) in [6.45, 7) is 1.53. The van der Waals surface area contributed by atoms with Crippen molar-refractivity contribution in [3.8, 4) is 11.9 Å². The Kier molecular flexibility index (Phi) is 4.98. The Labute approximate surface area is 154 Å². The highest BCUT2D eigenvalue weighted by Crippen LogP contribution is 2.35. The van der Waals surface area contributed by atoms with Gasteiger partial charge in [0.05, 0.1) is 10.6 Å². The molecule has 1 N–H and O–H groups in total. The Hall–Kier alpha value is -3.54. The van der Waals surface area contributed by atoms with E-state index in [1.54, 1.807) is 0 Å². The number of aromatic hydroxyl groups is 1. The Morgan fingerprint density at radius 1 is 1.26 bits per heavy atom. The second kappa shape index (κ2) is 7.37. The lowest BCUT2D eigenvalue weighted by Crippen LogP contribution is -2.24. The van der Waals surface area contributed by atoms with E-state index in [0.717, 1.165) is 25.7 Å². The quantitative estimate of drug-likeness (QED) is 0.491. The largest absolute Gasteiger partial charge is 0.493 e. The lowest BCUT2D eigenvalue weighted by molar-refractivity contribution is -0.384. The fraction of sp³-hybridized carbons (Fsp3) is 0.333. The molecule has 9 heteroatoms. The van der Waals surface area contributed by atoms with Crippen LogP contribution in [0.15, 0.2) is 39.3 Å². The number of non-ortho nitro benzene ring substituents is 1. The molecule has 1 aromatic heterocycles. The molecule has 1 heterocycles. The molecule has 2 aromatic rings. The number of nitro groups is 1. The zero-order chi connectivity index (χ0) is 19.6. The maximum atomic E-state index is 12.9. The van der Waals surface area contributed by atoms with Gasteiger partial charge < -0.3 is 5.11 Å². The van der Waals surface area contributed by atoms with Crippen LogP contribution >= 0.6 is 0 Å². The maximum absolute atomic E-state index is 12.9. The van der Waals surface area contributed by atoms with Gasteiger partial charge in [-0.1, -0.05) is 12.8 Å². The first-order valence-electron chi connectivity index (χ1n) is 8.48. The summed E-state index contributed by atoms with van der Waals surface area (Å²) in [5, 5.41) is 38.5. The molecule has 3 rings (SSSR count). The summed E-state index contributed by atoms with van der Waals surface area (Å²) in [5.41, 5.74) is -0.0151. The van der Waals surface area contributed by atoms with E-state index in [1.807, 2.05) is 6.07 Å². The molecule has 27 heavy (non-hydrogen) atoms. The number of nitriles is 1. The fourth-order valence-corrected chi connectivity index (χ4v) is 3.28. The third-order valence-electron chi connectivity index (χ3n) is 4.73. The third-order valence-corrected chi connectivity index (χ3v) is 4.73. The smallest absolute Gasteiger partial charge is 0.281 e. The minimum atomic E-state index is -0.523. The summed E-state index contributed by atoms with van der Waals surface area (Å²) < 4.78 is 1.24. The highest BCUT2D eigenvalue weighted by molar-refractivity contribution is 5.57. The number of rotatable bonds is 4. The average Bonchev–Trinajstić information content (AvgIpc) is 3.16. The third kappa shape index (κ3) is 3.42. The summed E-state index contributed by atoms with van der Waals surface area (Å²) in [5.74, 6) is -0.332. The van der Waals surface area contributed by atoms with Gasteiger partial charge in [0.1, 0.15) is 11.6 Å². The lowest BCUT2D eigenvalue weighted by atomic mass is 10.1. The van der Waals surface area contributed by atoms with Crippen molar-refractivity contribution in [2.24, 2.45) is 10.2 Å². The molecular formula is C18H17N5O4. The molecule has 0 radical (unpaired) electrons. The van der Waals surface area contributed by atoms with Crippen molar-refractivity contribution < 1.29 is 10.0 Å². The van der Waals surface area contributed by atoms with E-state index < -0.39 is 10.5 Å². The summed E-state index contributed by atoms with van der Waals surface area (Å²) in [7, 11) is 0. The van der Waals surface area contributed by atoms with Crippen LogP contribution in [0.1, 0.15) is 42.9 Å². The SMILES string of the molecule is Cc1c(C#N)c(O)n(C2CCCC2)c(=O)c1N=Nc1ccc([N+](=O)[O-])cc1. The zero-order valence-electron chi connectivity index (χ0n) is 14.6. The molecule has 1 aliphatic carbocycles. The van der Waals surface area contributed by atoms with Crippen molar-refractivity contribution in [3.63, 3.8) is 0 Å². The van der Waals surface area contributed by atoms with Crippen molar-refractivity contribution in [3.05, 3.63) is 55.9 Å². The molecule has 0 aliphatic heterocycles. The van der Waals surface area contributed by atoms with Gasteiger partial charge in [-0.05, 0) is 31.9 Å². The van der Waals surface area contributed by atoms with Gasteiger partial charge in [0, 0.05) is 23.7 Å². The maximum Gasteiger partial charge on any atom is 0.281 e. The Balaban J connectivity index is 2.06. The van der Waals surface area contributed by atoms with Gasteiger partial charge in [-0.2, -0.15) is 10.4 Å². The Morgan fingerprint density at radius 2 is 1.89 bits per heavy atom. The van der Waals surface area contributed by atoms with Gasteiger partial charge in [0.25, 0.3) is 11.2 Å². The van der Waals surface area contributed by atoms with E-state index in [1.165, 1.54) is 35.8 Å². The number of pyridine rings is 1. The van der Waals surface area contributed by atoms with Crippen LogP contribution < -0.4 is 5.56 Å². The van der Waals surface area contributed by atoms with Crippen molar-refractivity contribution in [2.75, 3.05) is 0 Å². The molecule has 9 nitrogen and oxygen atoms in total. The van der Waals surface area contributed by atoms with Crippen molar-refractivity contribution in [2.45, 2.75) is 38.6 Å². The molecule has 1 saturated carbocycles. The first-order valence-corrected chi connectivity index (χ1v) is 8.48. The van der Waals surface area contributed by atoms with Crippen LogP contribution in [0.3, 0.4) is 0 Å². The van der Waals surface area contributed by atoms with E-state index in [0.29, 0.717) is 5.69 Å². The second-order valence-corrected chi connectivity index (χ2v) is 6.37. The summed E-state index contributed by atoms with van der Waals surface area (Å²) in [6.07, 6.45) is 3.40. The van der Waals surface area contributed by atoms with Crippen LogP contribution in [0, 0.1) is 28.4 Å². The molecule has 0 unspecified atom stereocenters. The zero-order valence-corrected chi connectivity index (χ0v) is 14.6. The van der Waals surface area contributed by atoms with E-state index in [-0.39, 0.29) is 34.4 Å². The highest BCUT2D eigenvalue weighted by Gasteiger charge is 2.26. The second-order valence-electron chi connectivity index (χ2n) is 6.37. The van der Waals surface area contributed by atoms with Crippen LogP contribution in [0.2, 0.25) is 0 Å². The molecule has 0 atom stereocenters. The molecule has 1 aliphatic rings. The summed E-state index contributed by atoms with van der Waals surface area (Å²) >= 11 is 0. The number of hydrogen-bond donors (Lipinski definition) is 1. The van der Waals surface area contributed by atoms with Crippen LogP contribution in [-0.2, 0) is 0 Å². The molecule has 0 saturated heterocycles. The molecule has 0 spiro atoms. The summed E-state index contributed by atoms with van der Waals surface area (Å²) in [4.78, 5) is 23.1. The van der Waals surface area contributed by atoms with E-state index in [4.69, 9.17) is 0 Å². The van der Waals surface area contributed by atoms with Crippen molar-refractivity contribution >= 4 is 17.1 Å². The van der Waals surface area contributed by atoms with Gasteiger partial charge in [0.15, 0.2) is 5.69 Å². The van der Waals surface area contributed by atoms with Crippen LogP contribution in [-0.4, -0.2) is 14.6 Å². The van der Waals surface area contributed by atoms with Gasteiger partial charge in [0.2, 0.25) is 5.88 Å². The number of hydrogen-bond acceptors (Lipinski definition) is 7. The van der Waals surface area contributed by atoms with Crippen molar-refractivity contribution in [1.82, 2.24) is 4.57 Å². The molecule has 0 amide bonds. The number of aromatic nitrogens is 1. The van der Waals surface area contributed by atoms with Crippen LogP contribution in [0.4, 0.5) is 17.1 Å². The van der Waals surface area contributed by atoms with Gasteiger partial charge >= 0.3 is 0 Å². The molecular weight excluding hydrogens is 350 g/mol. The first-order chi connectivity index (χ1) is 12.9. The normalized spacial score (nSPS) is 14.5. The van der Waals surface area contributed by atoms with E-state index in [9.17, 15) is 25.3 Å². The van der Waals surface area contributed by atoms with Crippen molar-refractivity contribution in [1.29, 1.82) is 5.26 Å². The van der Waals surface area contributed by atoms with Gasteiger partial charge in [-0.15, -0.1) is 5.11 Å². The standard InChI is InChI=1S/C18H17N5O4/c1-11-15(10-19)17(24)22(13-4-2-3-5-13)18(25)16(11)21-20-12-6-8-14(9-7-12)23(26)27/h6-9,13,24H,2-5H2,1H3. The minimum absolute atomic E-state index is 0.000787. The number of nitrogens with zero attached hydrogens (tertiary/aromatic N) is 5. The first kappa shape index (κ1) is 18.3. The van der Waals surface area contributed by atoms with Gasteiger partial charge in [-0.3, -0.25) is 19.5 Å². The lowest BCUT2D eigenvalue weighted by Gasteiger charge is -2.18. The summed E-state index contributed by atoms with van der Waals surface area (Å²) in [6, 6.07) is 7.16. The average molecular weight is 367 g/mol. The van der Waals surface area contributed by atoms with E-state index >= 15 is 0 Å². The number of azo groups is 1. The van der Waals surface area contributed by atoms with E-state index in [2.05, 4.69) is 10.2 Å². The number of nitro benzene ring substituents is 1. The predicted molar refractivity (Wildman–Crippen MR) is 96.6 cm³/mol. The van der Waals surface area contributed by atoms with Crippen LogP contribution in [0.25, 0.3) is 0 Å². The van der Waals surface area contributed by atoms with Gasteiger partial charge in [-0.25, -0.2) is 0 Å². The fourth-order valence-electron chi connectivity index (χ4n) is 3.28. The molecule has 1 aromatic carbocycles.